The molecular weight excluding hydrogens is 240 g/mol. The van der Waals surface area contributed by atoms with Gasteiger partial charge in [-0.25, -0.2) is 0 Å². The van der Waals surface area contributed by atoms with E-state index in [4.69, 9.17) is 22.1 Å². The Morgan fingerprint density at radius 2 is 2.24 bits per heavy atom. The van der Waals surface area contributed by atoms with Gasteiger partial charge >= 0.3 is 0 Å². The summed E-state index contributed by atoms with van der Waals surface area (Å²) in [4.78, 5) is 13.2. The average Bonchev–Trinajstić information content (AvgIpc) is 2.60. The molecule has 17 heavy (non-hydrogen) atoms. The van der Waals surface area contributed by atoms with Crippen molar-refractivity contribution in [3.05, 3.63) is 29.3 Å². The fraction of sp³-hybridized carbons (Fsp3) is 0.417. The van der Waals surface area contributed by atoms with Gasteiger partial charge in [0.25, 0.3) is 0 Å². The summed E-state index contributed by atoms with van der Waals surface area (Å²) in [7, 11) is 0. The lowest BCUT2D eigenvalue weighted by Crippen LogP contribution is -2.31. The van der Waals surface area contributed by atoms with Crippen LogP contribution >= 0.6 is 11.6 Å². The van der Waals surface area contributed by atoms with Gasteiger partial charge in [0, 0.05) is 19.0 Å². The van der Waals surface area contributed by atoms with Crippen molar-refractivity contribution in [3.8, 4) is 5.75 Å². The lowest BCUT2D eigenvalue weighted by Gasteiger charge is -2.16. The third-order valence-corrected chi connectivity index (χ3v) is 3.01. The highest BCUT2D eigenvalue weighted by atomic mass is 35.5. The zero-order valence-corrected chi connectivity index (χ0v) is 10.2. The van der Waals surface area contributed by atoms with E-state index in [2.05, 4.69) is 0 Å². The lowest BCUT2D eigenvalue weighted by molar-refractivity contribution is -0.128. The van der Waals surface area contributed by atoms with Crippen molar-refractivity contribution >= 4 is 17.5 Å². The molecule has 0 spiro atoms. The summed E-state index contributed by atoms with van der Waals surface area (Å²) < 4.78 is 5.52. The zero-order chi connectivity index (χ0) is 12.3. The molecular formula is C12H15ClN2O2. The Kier molecular flexibility index (Phi) is 3.86. The molecule has 1 fully saturated rings. The molecule has 1 aromatic rings. The molecule has 2 N–H and O–H groups in total. The van der Waals surface area contributed by atoms with Gasteiger partial charge in [-0.3, -0.25) is 4.79 Å². The summed E-state index contributed by atoms with van der Waals surface area (Å²) in [6, 6.07) is 7.24. The van der Waals surface area contributed by atoms with Crippen LogP contribution in [0.3, 0.4) is 0 Å². The van der Waals surface area contributed by atoms with E-state index in [9.17, 15) is 4.79 Å². The Bertz CT molecular complexity index is 411. The molecule has 1 heterocycles. The van der Waals surface area contributed by atoms with E-state index in [-0.39, 0.29) is 11.9 Å². The Hall–Kier alpha value is -1.26. The van der Waals surface area contributed by atoms with Crippen LogP contribution in [0.15, 0.2) is 24.3 Å². The third-order valence-electron chi connectivity index (χ3n) is 2.70. The standard InChI is InChI=1S/C12H15ClN2O2/c13-10-3-1-2-4-11(10)17-6-5-15-8-9(14)7-12(15)16/h1-4,9H,5-8,14H2. The molecule has 0 aliphatic carbocycles. The number of nitrogens with zero attached hydrogens (tertiary/aromatic N) is 1. The summed E-state index contributed by atoms with van der Waals surface area (Å²) in [5.74, 6) is 0.741. The number of carbonyl (C=O) groups excluding carboxylic acids is 1. The fourth-order valence-corrected chi connectivity index (χ4v) is 2.04. The molecule has 1 aromatic carbocycles. The topological polar surface area (TPSA) is 55.6 Å². The normalized spacial score (nSPS) is 19.8. The second kappa shape index (κ2) is 5.38. The molecule has 0 radical (unpaired) electrons. The first kappa shape index (κ1) is 12.2. The van der Waals surface area contributed by atoms with Crippen LogP contribution < -0.4 is 10.5 Å². The van der Waals surface area contributed by atoms with Gasteiger partial charge < -0.3 is 15.4 Å². The molecule has 1 aliphatic rings. The Morgan fingerprint density at radius 1 is 1.47 bits per heavy atom. The van der Waals surface area contributed by atoms with Gasteiger partial charge in [-0.1, -0.05) is 23.7 Å². The number of halogens is 1. The minimum absolute atomic E-state index is 0.0391. The molecule has 1 aliphatic heterocycles. The highest BCUT2D eigenvalue weighted by Crippen LogP contribution is 2.23. The molecule has 5 heteroatoms. The first-order valence-electron chi connectivity index (χ1n) is 5.57. The van der Waals surface area contributed by atoms with Crippen LogP contribution in [0.4, 0.5) is 0 Å². The molecule has 1 amide bonds. The number of nitrogens with two attached hydrogens (primary N) is 1. The van der Waals surface area contributed by atoms with Crippen LogP contribution in [-0.4, -0.2) is 36.5 Å². The molecule has 0 bridgehead atoms. The van der Waals surface area contributed by atoms with Gasteiger partial charge in [0.2, 0.25) is 5.91 Å². The molecule has 4 nitrogen and oxygen atoms in total. The van der Waals surface area contributed by atoms with Crippen LogP contribution in [-0.2, 0) is 4.79 Å². The van der Waals surface area contributed by atoms with Gasteiger partial charge in [-0.2, -0.15) is 0 Å². The maximum absolute atomic E-state index is 11.5. The van der Waals surface area contributed by atoms with Crippen LogP contribution in [0.5, 0.6) is 5.75 Å². The second-order valence-corrected chi connectivity index (χ2v) is 4.49. The first-order chi connectivity index (χ1) is 8.16. The van der Waals surface area contributed by atoms with E-state index in [1.165, 1.54) is 0 Å². The van der Waals surface area contributed by atoms with Crippen molar-refractivity contribution in [1.29, 1.82) is 0 Å². The zero-order valence-electron chi connectivity index (χ0n) is 9.43. The number of para-hydroxylation sites is 1. The van der Waals surface area contributed by atoms with E-state index in [1.54, 1.807) is 17.0 Å². The smallest absolute Gasteiger partial charge is 0.224 e. The van der Waals surface area contributed by atoms with Gasteiger partial charge in [0.05, 0.1) is 11.6 Å². The number of hydrogen-bond acceptors (Lipinski definition) is 3. The maximum atomic E-state index is 11.5. The predicted octanol–water partition coefficient (Wildman–Crippen LogP) is 1.28. The Balaban J connectivity index is 1.80. The van der Waals surface area contributed by atoms with E-state index in [0.717, 1.165) is 0 Å². The van der Waals surface area contributed by atoms with Crippen molar-refractivity contribution in [2.45, 2.75) is 12.5 Å². The van der Waals surface area contributed by atoms with Gasteiger partial charge in [0.15, 0.2) is 0 Å². The number of amides is 1. The highest BCUT2D eigenvalue weighted by molar-refractivity contribution is 6.32. The van der Waals surface area contributed by atoms with Gasteiger partial charge in [0.1, 0.15) is 12.4 Å². The van der Waals surface area contributed by atoms with Crippen molar-refractivity contribution < 1.29 is 9.53 Å². The summed E-state index contributed by atoms with van der Waals surface area (Å²) in [5.41, 5.74) is 5.70. The van der Waals surface area contributed by atoms with Crippen molar-refractivity contribution in [3.63, 3.8) is 0 Å². The van der Waals surface area contributed by atoms with Crippen molar-refractivity contribution in [2.75, 3.05) is 19.7 Å². The largest absolute Gasteiger partial charge is 0.490 e. The Morgan fingerprint density at radius 3 is 2.88 bits per heavy atom. The average molecular weight is 255 g/mol. The van der Waals surface area contributed by atoms with E-state index in [1.807, 2.05) is 12.1 Å². The van der Waals surface area contributed by atoms with Gasteiger partial charge in [-0.15, -0.1) is 0 Å². The van der Waals surface area contributed by atoms with E-state index < -0.39 is 0 Å². The van der Waals surface area contributed by atoms with Crippen molar-refractivity contribution in [2.24, 2.45) is 5.73 Å². The minimum atomic E-state index is -0.0391. The monoisotopic (exact) mass is 254 g/mol. The molecule has 2 rings (SSSR count). The number of carbonyl (C=O) groups is 1. The quantitative estimate of drug-likeness (QED) is 0.881. The molecule has 92 valence electrons. The molecule has 0 saturated carbocycles. The number of ether oxygens (including phenoxy) is 1. The SMILES string of the molecule is NC1CC(=O)N(CCOc2ccccc2Cl)C1. The summed E-state index contributed by atoms with van der Waals surface area (Å²) in [5, 5.41) is 0.581. The molecule has 0 aromatic heterocycles. The number of benzene rings is 1. The fourth-order valence-electron chi connectivity index (χ4n) is 1.85. The maximum Gasteiger partial charge on any atom is 0.224 e. The predicted molar refractivity (Wildman–Crippen MR) is 66.1 cm³/mol. The van der Waals surface area contributed by atoms with Crippen LogP contribution in [0.1, 0.15) is 6.42 Å². The van der Waals surface area contributed by atoms with E-state index in [0.29, 0.717) is 36.9 Å². The third kappa shape index (κ3) is 3.11. The van der Waals surface area contributed by atoms with Gasteiger partial charge in [-0.05, 0) is 12.1 Å². The second-order valence-electron chi connectivity index (χ2n) is 4.08. The van der Waals surface area contributed by atoms with Crippen LogP contribution in [0.25, 0.3) is 0 Å². The lowest BCUT2D eigenvalue weighted by atomic mass is 10.3. The summed E-state index contributed by atoms with van der Waals surface area (Å²) >= 11 is 5.95. The molecule has 1 saturated heterocycles. The number of rotatable bonds is 4. The van der Waals surface area contributed by atoms with E-state index >= 15 is 0 Å². The van der Waals surface area contributed by atoms with Crippen LogP contribution in [0, 0.1) is 0 Å². The van der Waals surface area contributed by atoms with Crippen molar-refractivity contribution in [1.82, 2.24) is 4.90 Å². The first-order valence-corrected chi connectivity index (χ1v) is 5.95. The molecule has 1 atom stereocenters. The number of likely N-dealkylation sites (tertiary alicyclic amines) is 1. The number of hydrogen-bond donors (Lipinski definition) is 1. The Labute approximate surface area is 105 Å². The minimum Gasteiger partial charge on any atom is -0.490 e. The summed E-state index contributed by atoms with van der Waals surface area (Å²) in [6.45, 7) is 1.60. The highest BCUT2D eigenvalue weighted by Gasteiger charge is 2.26. The summed E-state index contributed by atoms with van der Waals surface area (Å²) in [6.07, 6.45) is 0.437. The molecule has 1 unspecified atom stereocenters. The van der Waals surface area contributed by atoms with Crippen LogP contribution in [0.2, 0.25) is 5.02 Å².